The molecule has 7 nitrogen and oxygen atoms in total. The molecule has 3 saturated heterocycles. The lowest BCUT2D eigenvalue weighted by Crippen LogP contribution is -2.57. The first kappa shape index (κ1) is 19.4. The van der Waals surface area contributed by atoms with Crippen LogP contribution >= 0.6 is 11.8 Å². The van der Waals surface area contributed by atoms with Crippen molar-refractivity contribution in [1.29, 1.82) is 0 Å². The normalized spacial score (nSPS) is 28.3. The summed E-state index contributed by atoms with van der Waals surface area (Å²) >= 11 is 2.00. The van der Waals surface area contributed by atoms with Crippen molar-refractivity contribution in [3.63, 3.8) is 0 Å². The molecular weight excluding hydrogens is 386 g/mol. The molecule has 156 valence electrons. The van der Waals surface area contributed by atoms with Crippen LogP contribution in [0.3, 0.4) is 0 Å². The lowest BCUT2D eigenvalue weighted by molar-refractivity contribution is 0.0368. The molecule has 5 rings (SSSR count). The number of pyridine rings is 1. The van der Waals surface area contributed by atoms with Crippen LogP contribution < -0.4 is 10.1 Å². The van der Waals surface area contributed by atoms with E-state index in [0.29, 0.717) is 12.0 Å². The summed E-state index contributed by atoms with van der Waals surface area (Å²) in [5, 5.41) is 7.78. The average molecular weight is 416 g/mol. The van der Waals surface area contributed by atoms with Crippen LogP contribution in [-0.4, -0.2) is 70.4 Å². The number of ether oxygens (including phenoxy) is 1. The average Bonchev–Trinajstić information content (AvgIpc) is 3.47. The molecule has 0 aliphatic carbocycles. The molecule has 3 atom stereocenters. The number of piperazine rings is 1. The highest BCUT2D eigenvalue weighted by molar-refractivity contribution is 7.99. The molecule has 0 aromatic carbocycles. The third-order valence-electron chi connectivity index (χ3n) is 6.25. The van der Waals surface area contributed by atoms with Gasteiger partial charge in [-0.05, 0) is 18.4 Å². The van der Waals surface area contributed by atoms with Crippen LogP contribution in [0.2, 0.25) is 0 Å². The van der Waals surface area contributed by atoms with Crippen LogP contribution in [0.25, 0.3) is 0 Å². The van der Waals surface area contributed by atoms with Crippen molar-refractivity contribution in [2.75, 3.05) is 44.4 Å². The first-order valence-electron chi connectivity index (χ1n) is 10.6. The Kier molecular flexibility index (Phi) is 6.03. The number of rotatable bonds is 6. The van der Waals surface area contributed by atoms with Gasteiger partial charge in [0.15, 0.2) is 0 Å². The lowest BCUT2D eigenvalue weighted by Gasteiger charge is -2.46. The van der Waals surface area contributed by atoms with Gasteiger partial charge in [0.1, 0.15) is 12.0 Å². The Morgan fingerprint density at radius 3 is 3.03 bits per heavy atom. The molecule has 2 aromatic heterocycles. The molecule has 0 amide bonds. The Balaban J connectivity index is 1.12. The van der Waals surface area contributed by atoms with E-state index < -0.39 is 0 Å². The Labute approximate surface area is 176 Å². The van der Waals surface area contributed by atoms with E-state index >= 15 is 0 Å². The number of nitrogens with zero attached hydrogens (tertiary/aromatic N) is 4. The number of thioether (sulfide) groups is 1. The molecule has 3 fully saturated rings. The van der Waals surface area contributed by atoms with E-state index in [1.807, 2.05) is 30.1 Å². The molecule has 29 heavy (non-hydrogen) atoms. The fraction of sp³-hybridized carbons (Fsp3) is 0.619. The Bertz CT molecular complexity index is 766. The van der Waals surface area contributed by atoms with Crippen LogP contribution in [0.4, 0.5) is 0 Å². The summed E-state index contributed by atoms with van der Waals surface area (Å²) in [5.74, 6) is 3.66. The molecule has 0 bridgehead atoms. The molecule has 2 aromatic rings. The van der Waals surface area contributed by atoms with Gasteiger partial charge in [-0.1, -0.05) is 11.2 Å². The second-order valence-electron chi connectivity index (χ2n) is 8.27. The van der Waals surface area contributed by atoms with E-state index in [1.165, 1.54) is 24.3 Å². The topological polar surface area (TPSA) is 66.7 Å². The minimum absolute atomic E-state index is 0.271. The highest BCUT2D eigenvalue weighted by Gasteiger charge is 2.38. The van der Waals surface area contributed by atoms with E-state index in [9.17, 15) is 0 Å². The van der Waals surface area contributed by atoms with E-state index in [1.54, 1.807) is 6.26 Å². The van der Waals surface area contributed by atoms with Gasteiger partial charge in [-0.3, -0.25) is 9.80 Å². The summed E-state index contributed by atoms with van der Waals surface area (Å²) in [6.45, 7) is 6.04. The molecule has 3 aliphatic heterocycles. The molecule has 5 heterocycles. The van der Waals surface area contributed by atoms with Gasteiger partial charge in [0.25, 0.3) is 0 Å². The first-order chi connectivity index (χ1) is 14.3. The second-order valence-corrected chi connectivity index (χ2v) is 9.34. The van der Waals surface area contributed by atoms with Gasteiger partial charge in [-0.2, -0.15) is 0 Å². The summed E-state index contributed by atoms with van der Waals surface area (Å²) in [6.07, 6.45) is 5.95. The smallest absolute Gasteiger partial charge is 0.213 e. The van der Waals surface area contributed by atoms with Crippen molar-refractivity contribution < 1.29 is 9.26 Å². The fourth-order valence-electron chi connectivity index (χ4n) is 4.73. The maximum absolute atomic E-state index is 6.05. The summed E-state index contributed by atoms with van der Waals surface area (Å²) in [7, 11) is 0. The molecule has 8 heteroatoms. The monoisotopic (exact) mass is 415 g/mol. The van der Waals surface area contributed by atoms with Crippen LogP contribution in [0.15, 0.2) is 35.2 Å². The van der Waals surface area contributed by atoms with Crippen molar-refractivity contribution in [1.82, 2.24) is 25.3 Å². The van der Waals surface area contributed by atoms with Crippen molar-refractivity contribution in [2.45, 2.75) is 31.5 Å². The third-order valence-corrected chi connectivity index (χ3v) is 7.27. The number of piperidine rings is 1. The minimum atomic E-state index is 0.271. The van der Waals surface area contributed by atoms with Gasteiger partial charge < -0.3 is 14.6 Å². The van der Waals surface area contributed by atoms with Crippen LogP contribution in [0.1, 0.15) is 30.1 Å². The molecule has 3 aliphatic rings. The molecule has 0 saturated carbocycles. The zero-order chi connectivity index (χ0) is 19.5. The van der Waals surface area contributed by atoms with Crippen molar-refractivity contribution in [3.05, 3.63) is 41.9 Å². The van der Waals surface area contributed by atoms with E-state index in [2.05, 4.69) is 31.3 Å². The third kappa shape index (κ3) is 4.60. The zero-order valence-electron chi connectivity index (χ0n) is 16.7. The predicted molar refractivity (Wildman–Crippen MR) is 113 cm³/mol. The summed E-state index contributed by atoms with van der Waals surface area (Å²) in [6, 6.07) is 6.92. The number of hydrogen-bond donors (Lipinski definition) is 1. The predicted octanol–water partition coefficient (Wildman–Crippen LogP) is 2.38. The van der Waals surface area contributed by atoms with E-state index in [0.717, 1.165) is 56.7 Å². The highest BCUT2D eigenvalue weighted by atomic mass is 32.2. The lowest BCUT2D eigenvalue weighted by atomic mass is 9.87. The van der Waals surface area contributed by atoms with Gasteiger partial charge in [0.2, 0.25) is 5.88 Å². The summed E-state index contributed by atoms with van der Waals surface area (Å²) in [5.41, 5.74) is 2.28. The zero-order valence-corrected chi connectivity index (χ0v) is 17.5. The van der Waals surface area contributed by atoms with Crippen molar-refractivity contribution >= 4 is 11.8 Å². The maximum Gasteiger partial charge on any atom is 0.213 e. The second kappa shape index (κ2) is 9.04. The molecule has 1 N–H and O–H groups in total. The van der Waals surface area contributed by atoms with Crippen molar-refractivity contribution in [2.24, 2.45) is 5.92 Å². The largest absolute Gasteiger partial charge is 0.477 e. The van der Waals surface area contributed by atoms with Gasteiger partial charge >= 0.3 is 0 Å². The summed E-state index contributed by atoms with van der Waals surface area (Å²) < 4.78 is 11.1. The molecule has 3 unspecified atom stereocenters. The van der Waals surface area contributed by atoms with Crippen LogP contribution in [-0.2, 0) is 6.54 Å². The van der Waals surface area contributed by atoms with Gasteiger partial charge in [-0.15, -0.1) is 11.8 Å². The fourth-order valence-corrected chi connectivity index (χ4v) is 5.72. The number of fused-ring (bicyclic) bond motifs is 1. The standard InChI is InChI=1S/C21H29N5O2S/c1-3-19-21(18-5-9-28-24-18)22-6-7-26(19)13-17(1)14-27-20-4-2-16(11-23-20)12-25-8-10-29-15-25/h2,4-5,9,11,17,19,21-22H,1,3,6-8,10,12-15H2. The molecule has 0 spiro atoms. The van der Waals surface area contributed by atoms with Crippen LogP contribution in [0.5, 0.6) is 5.88 Å². The first-order valence-corrected chi connectivity index (χ1v) is 11.8. The number of hydrogen-bond acceptors (Lipinski definition) is 8. The molecular formula is C21H29N5O2S. The quantitative estimate of drug-likeness (QED) is 0.771. The maximum atomic E-state index is 6.05. The SMILES string of the molecule is c1cc(C2NCCN3CC(COc4ccc(CN5CCSC5)cn4)CCC23)no1. The highest BCUT2D eigenvalue weighted by Crippen LogP contribution is 2.32. The number of nitrogens with one attached hydrogen (secondary N) is 1. The van der Waals surface area contributed by atoms with Gasteiger partial charge in [-0.25, -0.2) is 4.98 Å². The Hall–Kier alpha value is -1.61. The molecule has 0 radical (unpaired) electrons. The van der Waals surface area contributed by atoms with Crippen molar-refractivity contribution in [3.8, 4) is 5.88 Å². The van der Waals surface area contributed by atoms with E-state index in [4.69, 9.17) is 9.26 Å². The van der Waals surface area contributed by atoms with Gasteiger partial charge in [0.05, 0.1) is 12.6 Å². The van der Waals surface area contributed by atoms with Crippen LogP contribution in [0, 0.1) is 5.92 Å². The van der Waals surface area contributed by atoms with Gasteiger partial charge in [0, 0.05) is 74.6 Å². The summed E-state index contributed by atoms with van der Waals surface area (Å²) in [4.78, 5) is 9.59. The number of aromatic nitrogens is 2. The Morgan fingerprint density at radius 2 is 2.24 bits per heavy atom. The van der Waals surface area contributed by atoms with E-state index in [-0.39, 0.29) is 6.04 Å². The minimum Gasteiger partial charge on any atom is -0.477 e. The Morgan fingerprint density at radius 1 is 1.24 bits per heavy atom.